The Balaban J connectivity index is 1.17. The molecule has 3 N–H and O–H groups in total. The third-order valence-electron chi connectivity index (χ3n) is 9.23. The number of carbonyl (C=O) groups is 2. The minimum absolute atomic E-state index is 0.00319. The molecule has 5 rings (SSSR count). The molecular formula is C26H38N6O3S. The van der Waals surface area contributed by atoms with Crippen molar-refractivity contribution in [2.24, 2.45) is 35.5 Å². The lowest BCUT2D eigenvalue weighted by molar-refractivity contribution is -0.138. The van der Waals surface area contributed by atoms with E-state index in [1.807, 2.05) is 4.90 Å². The maximum atomic E-state index is 13.5. The van der Waals surface area contributed by atoms with Gasteiger partial charge in [-0.3, -0.25) is 14.9 Å². The number of hydrogen-bond acceptors (Lipinski definition) is 8. The van der Waals surface area contributed by atoms with Crippen molar-refractivity contribution in [3.8, 4) is 12.1 Å². The van der Waals surface area contributed by atoms with E-state index in [4.69, 9.17) is 10.00 Å². The molecule has 3 aliphatic heterocycles. The van der Waals surface area contributed by atoms with Crippen LogP contribution in [0.2, 0.25) is 0 Å². The van der Waals surface area contributed by atoms with Crippen LogP contribution in [0.25, 0.3) is 0 Å². The number of ether oxygens (including phenoxy) is 1. The number of piperidine rings is 1. The quantitative estimate of drug-likeness (QED) is 0.502. The molecule has 9 atom stereocenters. The van der Waals surface area contributed by atoms with Crippen molar-refractivity contribution in [1.29, 1.82) is 10.5 Å². The summed E-state index contributed by atoms with van der Waals surface area (Å²) in [5.41, 5.74) is -0.159. The zero-order valence-electron chi connectivity index (χ0n) is 21.2. The van der Waals surface area contributed by atoms with Crippen LogP contribution in [-0.4, -0.2) is 72.4 Å². The predicted molar refractivity (Wildman–Crippen MR) is 135 cm³/mol. The Morgan fingerprint density at radius 3 is 2.53 bits per heavy atom. The summed E-state index contributed by atoms with van der Waals surface area (Å²) in [6, 6.07) is 5.21. The lowest BCUT2D eigenvalue weighted by Gasteiger charge is -2.44. The molecule has 5 aliphatic rings. The van der Waals surface area contributed by atoms with Gasteiger partial charge in [0.05, 0.1) is 24.2 Å². The molecule has 3 heterocycles. The summed E-state index contributed by atoms with van der Waals surface area (Å²) in [4.78, 5) is 28.3. The molecule has 0 aromatic heterocycles. The summed E-state index contributed by atoms with van der Waals surface area (Å²) in [7, 11) is 1.75. The fraction of sp³-hybridized carbons (Fsp3) is 0.846. The van der Waals surface area contributed by atoms with Gasteiger partial charge < -0.3 is 20.3 Å². The highest BCUT2D eigenvalue weighted by Gasteiger charge is 2.48. The Bertz CT molecular complexity index is 916. The molecule has 196 valence electrons. The van der Waals surface area contributed by atoms with Crippen LogP contribution in [0.1, 0.15) is 45.4 Å². The highest BCUT2D eigenvalue weighted by Crippen LogP contribution is 2.42. The van der Waals surface area contributed by atoms with Crippen molar-refractivity contribution in [1.82, 2.24) is 20.9 Å². The second kappa shape index (κ2) is 10.9. The first-order valence-electron chi connectivity index (χ1n) is 13.5. The average molecular weight is 515 g/mol. The number of nitrogens with zero attached hydrogens (tertiary/aromatic N) is 3. The molecule has 0 spiro atoms. The van der Waals surface area contributed by atoms with Gasteiger partial charge >= 0.3 is 0 Å². The van der Waals surface area contributed by atoms with Gasteiger partial charge in [-0.25, -0.2) is 0 Å². The molecular weight excluding hydrogens is 476 g/mol. The monoisotopic (exact) mass is 514 g/mol. The molecule has 2 saturated carbocycles. The van der Waals surface area contributed by atoms with Crippen molar-refractivity contribution < 1.29 is 14.3 Å². The van der Waals surface area contributed by atoms with Crippen LogP contribution in [-0.2, 0) is 14.3 Å². The maximum absolute atomic E-state index is 13.5. The van der Waals surface area contributed by atoms with Crippen molar-refractivity contribution in [2.45, 2.75) is 74.4 Å². The van der Waals surface area contributed by atoms with E-state index in [2.05, 4.69) is 35.0 Å². The molecule has 10 heteroatoms. The van der Waals surface area contributed by atoms with Crippen LogP contribution in [0.3, 0.4) is 0 Å². The summed E-state index contributed by atoms with van der Waals surface area (Å²) >= 11 is 1.71. The van der Waals surface area contributed by atoms with Crippen LogP contribution in [0.4, 0.5) is 0 Å². The van der Waals surface area contributed by atoms with Crippen LogP contribution in [0, 0.1) is 58.2 Å². The van der Waals surface area contributed by atoms with E-state index >= 15 is 0 Å². The number of nitriles is 2. The van der Waals surface area contributed by atoms with Crippen molar-refractivity contribution in [3.63, 3.8) is 0 Å². The lowest BCUT2D eigenvalue weighted by atomic mass is 9.66. The summed E-state index contributed by atoms with van der Waals surface area (Å²) < 4.78 is 5.84. The summed E-state index contributed by atoms with van der Waals surface area (Å²) in [6.45, 7) is 4.16. The Kier molecular flexibility index (Phi) is 7.78. The van der Waals surface area contributed by atoms with Crippen LogP contribution < -0.4 is 16.0 Å². The highest BCUT2D eigenvalue weighted by atomic mass is 32.2. The Morgan fingerprint density at radius 1 is 1.06 bits per heavy atom. The number of amides is 2. The molecule has 5 fully saturated rings. The number of nitrogens with one attached hydrogen (secondary N) is 3. The third-order valence-corrected chi connectivity index (χ3v) is 10.6. The minimum atomic E-state index is -0.159. The van der Waals surface area contributed by atoms with Crippen molar-refractivity contribution >= 4 is 23.6 Å². The van der Waals surface area contributed by atoms with Crippen molar-refractivity contribution in [3.05, 3.63) is 0 Å². The average Bonchev–Trinajstić information content (AvgIpc) is 3.41. The molecule has 9 unspecified atom stereocenters. The number of carbonyl (C=O) groups excluding carboxylic acids is 2. The Hall–Kier alpha value is -1.85. The summed E-state index contributed by atoms with van der Waals surface area (Å²) in [5.74, 6) is 0.552. The fourth-order valence-corrected chi connectivity index (χ4v) is 8.50. The first-order chi connectivity index (χ1) is 17.4. The molecule has 2 amide bonds. The summed E-state index contributed by atoms with van der Waals surface area (Å²) in [5, 5.41) is 29.1. The molecule has 0 aromatic carbocycles. The third kappa shape index (κ3) is 5.11. The van der Waals surface area contributed by atoms with E-state index in [-0.39, 0.29) is 70.2 Å². The van der Waals surface area contributed by atoms with E-state index in [1.54, 1.807) is 18.9 Å². The SMILES string of the molecule is COC1CCC(C#N)CC1C1CC(C)NCC1C(=O)NC1NC2CN(C(=O)C3CC(C#N)C3)CC2S1. The normalized spacial score (nSPS) is 44.1. The topological polar surface area (TPSA) is 130 Å². The smallest absolute Gasteiger partial charge is 0.226 e. The molecule has 2 aliphatic carbocycles. The maximum Gasteiger partial charge on any atom is 0.226 e. The van der Waals surface area contributed by atoms with Gasteiger partial charge in [-0.05, 0) is 57.3 Å². The van der Waals surface area contributed by atoms with Gasteiger partial charge in [0.15, 0.2) is 0 Å². The van der Waals surface area contributed by atoms with Gasteiger partial charge in [-0.15, -0.1) is 11.8 Å². The molecule has 3 saturated heterocycles. The minimum Gasteiger partial charge on any atom is -0.381 e. The van der Waals surface area contributed by atoms with Gasteiger partial charge in [0.25, 0.3) is 0 Å². The molecule has 0 bridgehead atoms. The Morgan fingerprint density at radius 2 is 1.83 bits per heavy atom. The Labute approximate surface area is 218 Å². The van der Waals surface area contributed by atoms with E-state index in [0.29, 0.717) is 38.5 Å². The van der Waals surface area contributed by atoms with Crippen LogP contribution in [0.5, 0.6) is 0 Å². The van der Waals surface area contributed by atoms with Gasteiger partial charge in [0.1, 0.15) is 5.50 Å². The van der Waals surface area contributed by atoms with Crippen LogP contribution in [0.15, 0.2) is 0 Å². The predicted octanol–water partition coefficient (Wildman–Crippen LogP) is 1.42. The van der Waals surface area contributed by atoms with E-state index in [1.165, 1.54) is 0 Å². The van der Waals surface area contributed by atoms with Crippen molar-refractivity contribution in [2.75, 3.05) is 26.7 Å². The van der Waals surface area contributed by atoms with E-state index in [9.17, 15) is 14.9 Å². The largest absolute Gasteiger partial charge is 0.381 e. The van der Waals surface area contributed by atoms with E-state index < -0.39 is 0 Å². The zero-order chi connectivity index (χ0) is 25.4. The van der Waals surface area contributed by atoms with Gasteiger partial charge in [0.2, 0.25) is 11.8 Å². The molecule has 0 radical (unpaired) electrons. The second-order valence-corrected chi connectivity index (χ2v) is 12.8. The first kappa shape index (κ1) is 25.8. The second-order valence-electron chi connectivity index (χ2n) is 11.5. The number of likely N-dealkylation sites (tertiary alicyclic amines) is 1. The van der Waals surface area contributed by atoms with E-state index in [0.717, 1.165) is 25.7 Å². The van der Waals surface area contributed by atoms with Gasteiger partial charge in [-0.1, -0.05) is 0 Å². The molecule has 9 nitrogen and oxygen atoms in total. The van der Waals surface area contributed by atoms with Crippen LogP contribution >= 0.6 is 11.8 Å². The van der Waals surface area contributed by atoms with Gasteiger partial charge in [-0.2, -0.15) is 10.5 Å². The molecule has 0 aromatic rings. The number of methoxy groups -OCH3 is 1. The van der Waals surface area contributed by atoms with Gasteiger partial charge in [0, 0.05) is 61.8 Å². The first-order valence-corrected chi connectivity index (χ1v) is 14.4. The highest BCUT2D eigenvalue weighted by molar-refractivity contribution is 8.00. The lowest BCUT2D eigenvalue weighted by Crippen LogP contribution is -2.55. The standard InChI is InChI=1S/C26H38N6O3S/c1-14-5-18(19-8-15(9-27)3-4-22(19)35-2)20(11-29-14)24(33)31-26-30-21-12-32(13-23(21)36-26)25(34)17-6-16(7-17)10-28/h14-23,26,29-30H,3-8,11-13H2,1-2H3,(H,31,33). The fourth-order valence-electron chi connectivity index (χ4n) is 7.09. The summed E-state index contributed by atoms with van der Waals surface area (Å²) in [6.07, 6.45) is 4.93. The molecule has 36 heavy (non-hydrogen) atoms. The number of hydrogen-bond donors (Lipinski definition) is 3. The number of rotatable bonds is 5. The number of fused-ring (bicyclic) bond motifs is 1. The number of thioether (sulfide) groups is 1. The zero-order valence-corrected chi connectivity index (χ0v) is 22.0.